The minimum absolute atomic E-state index is 0.0557. The zero-order valence-corrected chi connectivity index (χ0v) is 33.4. The minimum atomic E-state index is -0.894. The van der Waals surface area contributed by atoms with Crippen molar-refractivity contribution in [3.63, 3.8) is 0 Å². The van der Waals surface area contributed by atoms with E-state index in [0.717, 1.165) is 48.6 Å². The average molecular weight is 744 g/mol. The van der Waals surface area contributed by atoms with Crippen molar-refractivity contribution in [1.82, 2.24) is 9.88 Å². The standard InChI is InChI=1S/C19H28N2O2.C17H19FN2O.C7H11NS/c1-14-12-17(19(22)23)9-10-18(14)20-15(2)13-21-11-7-5-4-6-8-16(21)3;1-4-6-13(3)20-17(7-5-2)21-12-15-9-8-14(11-19)10-16(15)18;1-2-3-4-7-5-8-6-9-7/h9-10,12,16H,4-8,11,13H2,1-3H3,(H,22,23);5,7-10H,2,4,6,12H2,1,3H3;5-6H,2-4H2,1H3/b;17-7+,20-13-;. The van der Waals surface area contributed by atoms with Crippen LogP contribution >= 0.6 is 11.3 Å². The molecule has 1 atom stereocenters. The van der Waals surface area contributed by atoms with E-state index in [2.05, 4.69) is 49.2 Å². The number of halogens is 1. The number of carboxylic acids is 1. The highest BCUT2D eigenvalue weighted by Gasteiger charge is 2.16. The Morgan fingerprint density at radius 3 is 2.55 bits per heavy atom. The Labute approximate surface area is 320 Å². The third kappa shape index (κ3) is 17.7. The lowest BCUT2D eigenvalue weighted by molar-refractivity contribution is 0.0696. The van der Waals surface area contributed by atoms with E-state index in [-0.39, 0.29) is 12.2 Å². The van der Waals surface area contributed by atoms with Gasteiger partial charge in [0.25, 0.3) is 0 Å². The molecule has 1 aliphatic heterocycles. The predicted molar refractivity (Wildman–Crippen MR) is 218 cm³/mol. The van der Waals surface area contributed by atoms with E-state index < -0.39 is 11.8 Å². The third-order valence-electron chi connectivity index (χ3n) is 8.62. The summed E-state index contributed by atoms with van der Waals surface area (Å²) in [6.45, 7) is 18.2. The second-order valence-corrected chi connectivity index (χ2v) is 14.3. The molecule has 0 radical (unpaired) electrons. The number of hydrogen-bond acceptors (Lipinski definition) is 8. The monoisotopic (exact) mass is 743 g/mol. The number of thiazole rings is 1. The molecule has 10 heteroatoms. The number of likely N-dealkylation sites (tertiary alicyclic amines) is 1. The van der Waals surface area contributed by atoms with Crippen LogP contribution in [-0.4, -0.2) is 51.5 Å². The van der Waals surface area contributed by atoms with Gasteiger partial charge >= 0.3 is 5.97 Å². The zero-order valence-electron chi connectivity index (χ0n) is 32.5. The van der Waals surface area contributed by atoms with Crippen molar-refractivity contribution in [3.05, 3.63) is 106 Å². The van der Waals surface area contributed by atoms with E-state index in [0.29, 0.717) is 23.1 Å². The van der Waals surface area contributed by atoms with Gasteiger partial charge in [0.2, 0.25) is 5.88 Å². The molecule has 1 aliphatic rings. The van der Waals surface area contributed by atoms with Crippen molar-refractivity contribution < 1.29 is 19.0 Å². The first kappa shape index (κ1) is 44.7. The molecule has 1 N–H and O–H groups in total. The number of nitrogens with zero attached hydrogens (tertiary/aromatic N) is 5. The topological polar surface area (TPSA) is 111 Å². The maximum Gasteiger partial charge on any atom is 0.335 e. The number of aliphatic imine (C=N–C) groups is 2. The lowest BCUT2D eigenvalue weighted by atomic mass is 10.0. The van der Waals surface area contributed by atoms with E-state index >= 15 is 0 Å². The molecular weight excluding hydrogens is 686 g/mol. The molecule has 1 fully saturated rings. The van der Waals surface area contributed by atoms with Gasteiger partial charge in [-0.3, -0.25) is 14.9 Å². The maximum absolute atomic E-state index is 13.8. The summed E-state index contributed by atoms with van der Waals surface area (Å²) < 4.78 is 19.3. The van der Waals surface area contributed by atoms with Crippen LogP contribution in [0.15, 0.2) is 82.7 Å². The molecule has 0 amide bonds. The molecule has 1 aromatic heterocycles. The molecule has 8 nitrogen and oxygen atoms in total. The number of unbranched alkanes of at least 4 members (excludes halogenated alkanes) is 1. The number of hydrogen-bond donors (Lipinski definition) is 1. The van der Waals surface area contributed by atoms with Crippen LogP contribution < -0.4 is 0 Å². The third-order valence-corrected chi connectivity index (χ3v) is 9.46. The summed E-state index contributed by atoms with van der Waals surface area (Å²) in [5.74, 6) is -0.948. The Kier molecular flexibility index (Phi) is 21.5. The maximum atomic E-state index is 13.8. The fourth-order valence-corrected chi connectivity index (χ4v) is 6.26. The Balaban J connectivity index is 0.000000299. The fourth-order valence-electron chi connectivity index (χ4n) is 5.62. The molecule has 0 saturated carbocycles. The SMILES string of the molecule is C=C/C=C(\N=C(\C)CCC)OCc1ccc(C#N)cc1F.CC(CN1CCCCCCC1C)=Nc1ccc(C(=O)O)cc1C.CCCCc1cncs1. The summed E-state index contributed by atoms with van der Waals surface area (Å²) in [5.41, 5.74) is 6.69. The highest BCUT2D eigenvalue weighted by atomic mass is 32.1. The van der Waals surface area contributed by atoms with Crippen molar-refractivity contribution in [1.29, 1.82) is 5.26 Å². The predicted octanol–water partition coefficient (Wildman–Crippen LogP) is 11.4. The molecule has 286 valence electrons. The summed E-state index contributed by atoms with van der Waals surface area (Å²) in [4.78, 5) is 28.0. The number of allylic oxidation sites excluding steroid dienone is 2. The van der Waals surface area contributed by atoms with Crippen LogP contribution in [-0.2, 0) is 17.8 Å². The quantitative estimate of drug-likeness (QED) is 0.0999. The number of rotatable bonds is 14. The van der Waals surface area contributed by atoms with E-state index in [4.69, 9.17) is 20.1 Å². The molecule has 3 aromatic rings. The Morgan fingerprint density at radius 2 is 1.92 bits per heavy atom. The first-order valence-corrected chi connectivity index (χ1v) is 19.6. The van der Waals surface area contributed by atoms with Crippen LogP contribution in [0.5, 0.6) is 0 Å². The normalized spacial score (nSPS) is 15.4. The summed E-state index contributed by atoms with van der Waals surface area (Å²) in [6, 6.07) is 11.9. The number of nitriles is 1. The molecule has 2 aromatic carbocycles. The number of aryl methyl sites for hydroxylation is 2. The molecule has 1 saturated heterocycles. The van der Waals surface area contributed by atoms with Gasteiger partial charge in [0.1, 0.15) is 12.4 Å². The number of aromatic carboxylic acids is 1. The summed E-state index contributed by atoms with van der Waals surface area (Å²) in [5, 5.41) is 17.7. The van der Waals surface area contributed by atoms with Gasteiger partial charge in [-0.15, -0.1) is 11.3 Å². The van der Waals surface area contributed by atoms with Crippen molar-refractivity contribution in [2.24, 2.45) is 9.98 Å². The number of aromatic nitrogens is 1. The molecular formula is C43H58FN5O3S. The van der Waals surface area contributed by atoms with E-state index in [1.807, 2.05) is 31.6 Å². The van der Waals surface area contributed by atoms with E-state index in [1.54, 1.807) is 53.8 Å². The summed E-state index contributed by atoms with van der Waals surface area (Å²) >= 11 is 1.75. The molecule has 0 bridgehead atoms. The van der Waals surface area contributed by atoms with Gasteiger partial charge in [-0.1, -0.05) is 64.7 Å². The van der Waals surface area contributed by atoms with Crippen LogP contribution in [0.1, 0.15) is 124 Å². The summed E-state index contributed by atoms with van der Waals surface area (Å²) in [6.07, 6.45) is 17.4. The molecule has 53 heavy (non-hydrogen) atoms. The van der Waals surface area contributed by atoms with Gasteiger partial charge < -0.3 is 9.84 Å². The van der Waals surface area contributed by atoms with Crippen LogP contribution in [0, 0.1) is 24.1 Å². The van der Waals surface area contributed by atoms with Gasteiger partial charge in [-0.25, -0.2) is 14.2 Å². The minimum Gasteiger partial charge on any atom is -0.478 e. The Hall–Kier alpha value is -4.46. The van der Waals surface area contributed by atoms with Crippen LogP contribution in [0.3, 0.4) is 0 Å². The Bertz CT molecular complexity index is 1690. The van der Waals surface area contributed by atoms with Crippen LogP contribution in [0.25, 0.3) is 0 Å². The molecule has 4 rings (SSSR count). The van der Waals surface area contributed by atoms with E-state index in [9.17, 15) is 9.18 Å². The van der Waals surface area contributed by atoms with Gasteiger partial charge in [-0.2, -0.15) is 5.26 Å². The molecule has 0 aliphatic carbocycles. The van der Waals surface area contributed by atoms with Crippen molar-refractivity contribution in [3.8, 4) is 6.07 Å². The average Bonchev–Trinajstić information content (AvgIpc) is 3.65. The molecule has 1 unspecified atom stereocenters. The first-order chi connectivity index (χ1) is 25.5. The lowest BCUT2D eigenvalue weighted by Crippen LogP contribution is -2.38. The van der Waals surface area contributed by atoms with Gasteiger partial charge in [0.05, 0.1) is 28.4 Å². The highest BCUT2D eigenvalue weighted by Crippen LogP contribution is 2.22. The first-order valence-electron chi connectivity index (χ1n) is 18.7. The van der Waals surface area contributed by atoms with Crippen molar-refractivity contribution >= 4 is 34.4 Å². The van der Waals surface area contributed by atoms with Crippen molar-refractivity contribution in [2.75, 3.05) is 13.1 Å². The number of benzene rings is 2. The van der Waals surface area contributed by atoms with Crippen molar-refractivity contribution in [2.45, 2.75) is 118 Å². The second kappa shape index (κ2) is 25.5. The van der Waals surface area contributed by atoms with Gasteiger partial charge in [0.15, 0.2) is 0 Å². The van der Waals surface area contributed by atoms with Crippen LogP contribution in [0.2, 0.25) is 0 Å². The van der Waals surface area contributed by atoms with Gasteiger partial charge in [-0.05, 0) is 108 Å². The number of ether oxygens (including phenoxy) is 1. The smallest absolute Gasteiger partial charge is 0.335 e. The highest BCUT2D eigenvalue weighted by molar-refractivity contribution is 7.09. The van der Waals surface area contributed by atoms with Gasteiger partial charge in [0, 0.05) is 40.6 Å². The van der Waals surface area contributed by atoms with E-state index in [1.165, 1.54) is 62.3 Å². The largest absolute Gasteiger partial charge is 0.478 e. The second-order valence-electron chi connectivity index (χ2n) is 13.3. The Morgan fingerprint density at radius 1 is 1.15 bits per heavy atom. The van der Waals surface area contributed by atoms with Crippen LogP contribution in [0.4, 0.5) is 10.1 Å². The molecule has 0 spiro atoms. The lowest BCUT2D eigenvalue weighted by Gasteiger charge is -2.31. The molecule has 2 heterocycles. The number of carboxylic acid groups (broad SMARTS) is 1. The fraction of sp³-hybridized carbons (Fsp3) is 0.465. The zero-order chi connectivity index (χ0) is 39.0. The summed E-state index contributed by atoms with van der Waals surface area (Å²) in [7, 11) is 0. The number of carbonyl (C=O) groups is 1.